The average Bonchev–Trinajstić information content (AvgIpc) is 2.90. The van der Waals surface area contributed by atoms with Gasteiger partial charge in [-0.05, 0) is 12.5 Å². The van der Waals surface area contributed by atoms with Gasteiger partial charge in [-0.15, -0.1) is 0 Å². The normalized spacial score (nSPS) is 12.7. The van der Waals surface area contributed by atoms with Crippen LogP contribution in [0.25, 0.3) is 11.2 Å². The Morgan fingerprint density at radius 1 is 1.20 bits per heavy atom. The van der Waals surface area contributed by atoms with Gasteiger partial charge < -0.3 is 10.5 Å². The molecule has 3 aromatic rings. The minimum atomic E-state index is -0.00664. The van der Waals surface area contributed by atoms with E-state index in [0.717, 1.165) is 5.56 Å². The molecule has 0 aliphatic heterocycles. The molecule has 20 heavy (non-hydrogen) atoms. The molecule has 0 saturated heterocycles. The van der Waals surface area contributed by atoms with E-state index in [9.17, 15) is 0 Å². The van der Waals surface area contributed by atoms with Gasteiger partial charge in [-0.25, -0.2) is 15.0 Å². The second-order valence-corrected chi connectivity index (χ2v) is 4.49. The first-order valence-electron chi connectivity index (χ1n) is 6.33. The molecule has 2 heterocycles. The van der Waals surface area contributed by atoms with Crippen LogP contribution in [-0.4, -0.2) is 19.5 Å². The molecule has 0 bridgehead atoms. The fourth-order valence-electron chi connectivity index (χ4n) is 2.01. The first-order chi connectivity index (χ1) is 9.75. The van der Waals surface area contributed by atoms with Crippen molar-refractivity contribution in [3.63, 3.8) is 0 Å². The zero-order valence-corrected chi connectivity index (χ0v) is 11.1. The molecular weight excluding hydrogens is 254 g/mol. The van der Waals surface area contributed by atoms with Crippen molar-refractivity contribution < 1.29 is 4.74 Å². The predicted octanol–water partition coefficient (Wildman–Crippen LogP) is 2.14. The Labute approximate surface area is 116 Å². The lowest BCUT2D eigenvalue weighted by Crippen LogP contribution is -2.06. The molecule has 0 spiro atoms. The third-order valence-corrected chi connectivity index (χ3v) is 3.16. The van der Waals surface area contributed by atoms with E-state index >= 15 is 0 Å². The minimum absolute atomic E-state index is 0.00664. The topological polar surface area (TPSA) is 78.9 Å². The van der Waals surface area contributed by atoms with Gasteiger partial charge in [0.25, 0.3) is 0 Å². The van der Waals surface area contributed by atoms with E-state index in [2.05, 4.69) is 15.0 Å². The van der Waals surface area contributed by atoms with Crippen molar-refractivity contribution in [3.8, 4) is 0 Å². The Balaban J connectivity index is 1.76. The Kier molecular flexibility index (Phi) is 3.30. The highest BCUT2D eigenvalue weighted by Crippen LogP contribution is 2.19. The van der Waals surface area contributed by atoms with Gasteiger partial charge >= 0.3 is 0 Å². The van der Waals surface area contributed by atoms with Gasteiger partial charge in [-0.1, -0.05) is 30.3 Å². The summed E-state index contributed by atoms with van der Waals surface area (Å²) in [6.45, 7) is 2.38. The summed E-state index contributed by atoms with van der Waals surface area (Å²) in [4.78, 5) is 12.3. The zero-order valence-electron chi connectivity index (χ0n) is 11.1. The fourth-order valence-corrected chi connectivity index (χ4v) is 2.01. The molecule has 2 N–H and O–H groups in total. The number of aromatic nitrogens is 4. The van der Waals surface area contributed by atoms with Gasteiger partial charge in [0.1, 0.15) is 18.6 Å². The third kappa shape index (κ3) is 2.33. The molecule has 1 aromatic carbocycles. The molecule has 3 rings (SSSR count). The van der Waals surface area contributed by atoms with Crippen molar-refractivity contribution >= 4 is 17.0 Å². The molecule has 0 radical (unpaired) electrons. The maximum atomic E-state index is 5.84. The summed E-state index contributed by atoms with van der Waals surface area (Å²) >= 11 is 0. The monoisotopic (exact) mass is 269 g/mol. The zero-order chi connectivity index (χ0) is 13.9. The molecule has 0 amide bonds. The SMILES string of the molecule is C[C@@H](OCn1cnc2c(N)ncnc21)c1ccccc1. The molecule has 0 saturated carbocycles. The van der Waals surface area contributed by atoms with Gasteiger partial charge in [-0.2, -0.15) is 0 Å². The Hall–Kier alpha value is -2.47. The van der Waals surface area contributed by atoms with E-state index in [-0.39, 0.29) is 6.10 Å². The number of rotatable bonds is 4. The maximum absolute atomic E-state index is 5.84. The highest BCUT2D eigenvalue weighted by molar-refractivity contribution is 5.80. The van der Waals surface area contributed by atoms with E-state index in [0.29, 0.717) is 23.7 Å². The Morgan fingerprint density at radius 2 is 2.00 bits per heavy atom. The lowest BCUT2D eigenvalue weighted by atomic mass is 10.1. The molecule has 0 fully saturated rings. The molecular formula is C14H15N5O. The van der Waals surface area contributed by atoms with E-state index in [4.69, 9.17) is 10.5 Å². The minimum Gasteiger partial charge on any atom is -0.382 e. The van der Waals surface area contributed by atoms with Crippen LogP contribution >= 0.6 is 0 Å². The van der Waals surface area contributed by atoms with Crippen molar-refractivity contribution in [3.05, 3.63) is 48.5 Å². The van der Waals surface area contributed by atoms with Crippen LogP contribution in [0, 0.1) is 0 Å². The number of ether oxygens (including phenoxy) is 1. The van der Waals surface area contributed by atoms with Gasteiger partial charge in [0.05, 0.1) is 12.4 Å². The molecule has 6 nitrogen and oxygen atoms in total. The first-order valence-corrected chi connectivity index (χ1v) is 6.33. The highest BCUT2D eigenvalue weighted by atomic mass is 16.5. The van der Waals surface area contributed by atoms with Gasteiger partial charge in [0, 0.05) is 0 Å². The molecule has 1 atom stereocenters. The second-order valence-electron chi connectivity index (χ2n) is 4.49. The predicted molar refractivity (Wildman–Crippen MR) is 75.7 cm³/mol. The summed E-state index contributed by atoms with van der Waals surface area (Å²) in [7, 11) is 0. The number of anilines is 1. The molecule has 102 valence electrons. The summed E-state index contributed by atoms with van der Waals surface area (Å²) in [6, 6.07) is 10.1. The lowest BCUT2D eigenvalue weighted by molar-refractivity contribution is 0.0184. The van der Waals surface area contributed by atoms with Crippen molar-refractivity contribution in [1.82, 2.24) is 19.5 Å². The maximum Gasteiger partial charge on any atom is 0.167 e. The van der Waals surface area contributed by atoms with E-state index in [1.807, 2.05) is 41.8 Å². The Morgan fingerprint density at radius 3 is 2.80 bits per heavy atom. The average molecular weight is 269 g/mol. The largest absolute Gasteiger partial charge is 0.382 e. The number of nitrogen functional groups attached to an aromatic ring is 1. The smallest absolute Gasteiger partial charge is 0.167 e. The quantitative estimate of drug-likeness (QED) is 0.785. The molecule has 0 aliphatic carbocycles. The fraction of sp³-hybridized carbons (Fsp3) is 0.214. The molecule has 0 aliphatic rings. The second kappa shape index (κ2) is 5.26. The van der Waals surface area contributed by atoms with E-state index in [1.165, 1.54) is 6.33 Å². The first kappa shape index (κ1) is 12.6. The number of hydrogen-bond donors (Lipinski definition) is 1. The Bertz CT molecular complexity index is 710. The van der Waals surface area contributed by atoms with Gasteiger partial charge in [0.15, 0.2) is 11.5 Å². The van der Waals surface area contributed by atoms with E-state index < -0.39 is 0 Å². The molecule has 6 heteroatoms. The lowest BCUT2D eigenvalue weighted by Gasteiger charge is -2.13. The number of nitrogens with two attached hydrogens (primary N) is 1. The van der Waals surface area contributed by atoms with Crippen LogP contribution in [0.3, 0.4) is 0 Å². The highest BCUT2D eigenvalue weighted by Gasteiger charge is 2.10. The van der Waals surface area contributed by atoms with Crippen LogP contribution in [0.5, 0.6) is 0 Å². The van der Waals surface area contributed by atoms with E-state index in [1.54, 1.807) is 6.33 Å². The van der Waals surface area contributed by atoms with Crippen LogP contribution in [-0.2, 0) is 11.5 Å². The molecule has 2 aromatic heterocycles. The van der Waals surface area contributed by atoms with Crippen LogP contribution in [0.2, 0.25) is 0 Å². The van der Waals surface area contributed by atoms with Gasteiger partial charge in [0.2, 0.25) is 0 Å². The number of fused-ring (bicyclic) bond motifs is 1. The number of imidazole rings is 1. The number of hydrogen-bond acceptors (Lipinski definition) is 5. The van der Waals surface area contributed by atoms with Crippen molar-refractivity contribution in [1.29, 1.82) is 0 Å². The summed E-state index contributed by atoms with van der Waals surface area (Å²) in [6.07, 6.45) is 3.08. The summed E-state index contributed by atoms with van der Waals surface area (Å²) in [5, 5.41) is 0. The van der Waals surface area contributed by atoms with Crippen LogP contribution in [0.1, 0.15) is 18.6 Å². The molecule has 0 unspecified atom stereocenters. The van der Waals surface area contributed by atoms with Crippen LogP contribution in [0.4, 0.5) is 5.82 Å². The van der Waals surface area contributed by atoms with Crippen LogP contribution < -0.4 is 5.73 Å². The number of benzene rings is 1. The summed E-state index contributed by atoms with van der Waals surface area (Å²) in [5.41, 5.74) is 8.16. The van der Waals surface area contributed by atoms with Crippen LogP contribution in [0.15, 0.2) is 43.0 Å². The third-order valence-electron chi connectivity index (χ3n) is 3.16. The van der Waals surface area contributed by atoms with Crippen molar-refractivity contribution in [2.75, 3.05) is 5.73 Å². The summed E-state index contributed by atoms with van der Waals surface area (Å²) in [5.74, 6) is 0.379. The summed E-state index contributed by atoms with van der Waals surface area (Å²) < 4.78 is 7.65. The van der Waals surface area contributed by atoms with Gasteiger partial charge in [-0.3, -0.25) is 4.57 Å². The van der Waals surface area contributed by atoms with Crippen molar-refractivity contribution in [2.24, 2.45) is 0 Å². The standard InChI is InChI=1S/C14H15N5O/c1-10(11-5-3-2-4-6-11)20-9-19-8-18-12-13(15)16-7-17-14(12)19/h2-8,10H,9H2,1H3,(H2,15,16,17)/t10-/m1/s1. The number of nitrogens with zero attached hydrogens (tertiary/aromatic N) is 4. The van der Waals surface area contributed by atoms with Crippen molar-refractivity contribution in [2.45, 2.75) is 19.8 Å².